The van der Waals surface area contributed by atoms with Crippen molar-refractivity contribution in [2.75, 3.05) is 0 Å². The predicted molar refractivity (Wildman–Crippen MR) is 57.9 cm³/mol. The van der Waals surface area contributed by atoms with E-state index < -0.39 is 5.97 Å². The summed E-state index contributed by atoms with van der Waals surface area (Å²) in [4.78, 5) is 15.0. The Balaban J connectivity index is 2.98. The van der Waals surface area contributed by atoms with E-state index in [9.17, 15) is 4.79 Å². The molecule has 15 heavy (non-hydrogen) atoms. The molecule has 78 valence electrons. The summed E-state index contributed by atoms with van der Waals surface area (Å²) in [6, 6.07) is 0. The first kappa shape index (κ1) is 10.1. The number of aromatic nitrogens is 3. The third-order valence-corrected chi connectivity index (χ3v) is 2.82. The van der Waals surface area contributed by atoms with E-state index in [1.807, 2.05) is 6.92 Å². The summed E-state index contributed by atoms with van der Waals surface area (Å²) in [6.45, 7) is 1.82. The van der Waals surface area contributed by atoms with Gasteiger partial charge >= 0.3 is 5.97 Å². The first-order valence-electron chi connectivity index (χ1n) is 4.23. The molecule has 0 aliphatic heterocycles. The van der Waals surface area contributed by atoms with Crippen LogP contribution in [0.2, 0.25) is 0 Å². The highest BCUT2D eigenvalue weighted by molar-refractivity contribution is 9.10. The molecule has 2 aromatic heterocycles. The van der Waals surface area contributed by atoms with Gasteiger partial charge in [0.05, 0.1) is 16.6 Å². The lowest BCUT2D eigenvalue weighted by atomic mass is 10.2. The van der Waals surface area contributed by atoms with E-state index in [0.29, 0.717) is 10.1 Å². The highest BCUT2D eigenvalue weighted by Crippen LogP contribution is 2.27. The maximum absolute atomic E-state index is 11.0. The summed E-state index contributed by atoms with van der Waals surface area (Å²) < 4.78 is 2.17. The Morgan fingerprint density at radius 1 is 1.60 bits per heavy atom. The average Bonchev–Trinajstić information content (AvgIpc) is 2.43. The van der Waals surface area contributed by atoms with Gasteiger partial charge in [0.25, 0.3) is 0 Å². The zero-order chi connectivity index (χ0) is 11.2. The second kappa shape index (κ2) is 3.30. The molecule has 2 heterocycles. The van der Waals surface area contributed by atoms with Crippen molar-refractivity contribution in [3.05, 3.63) is 22.1 Å². The van der Waals surface area contributed by atoms with Gasteiger partial charge in [-0.25, -0.2) is 9.78 Å². The largest absolute Gasteiger partial charge is 0.478 e. The van der Waals surface area contributed by atoms with Gasteiger partial charge in [-0.1, -0.05) is 0 Å². The van der Waals surface area contributed by atoms with E-state index >= 15 is 0 Å². The number of fused-ring (bicyclic) bond motifs is 1. The highest BCUT2D eigenvalue weighted by Gasteiger charge is 2.17. The van der Waals surface area contributed by atoms with Crippen LogP contribution in [0.1, 0.15) is 16.1 Å². The Bertz CT molecular complexity index is 562. The van der Waals surface area contributed by atoms with Crippen LogP contribution in [0.25, 0.3) is 10.9 Å². The summed E-state index contributed by atoms with van der Waals surface area (Å²) in [6.07, 6.45) is 1.33. The van der Waals surface area contributed by atoms with Gasteiger partial charge in [-0.3, -0.25) is 4.68 Å². The van der Waals surface area contributed by atoms with Crippen LogP contribution in [0, 0.1) is 6.92 Å². The summed E-state index contributed by atoms with van der Waals surface area (Å²) >= 11 is 3.29. The molecule has 0 amide bonds. The summed E-state index contributed by atoms with van der Waals surface area (Å²) in [5, 5.41) is 13.9. The number of aryl methyl sites for hydroxylation is 2. The second-order valence-corrected chi connectivity index (χ2v) is 3.95. The van der Waals surface area contributed by atoms with Crippen molar-refractivity contribution in [2.24, 2.45) is 7.05 Å². The number of rotatable bonds is 1. The van der Waals surface area contributed by atoms with Crippen molar-refractivity contribution < 1.29 is 9.90 Å². The smallest absolute Gasteiger partial charge is 0.339 e. The highest BCUT2D eigenvalue weighted by atomic mass is 79.9. The Labute approximate surface area is 93.9 Å². The van der Waals surface area contributed by atoms with Crippen LogP contribution in [0.4, 0.5) is 0 Å². The number of pyridine rings is 1. The lowest BCUT2D eigenvalue weighted by molar-refractivity contribution is 0.0698. The van der Waals surface area contributed by atoms with Crippen LogP contribution >= 0.6 is 15.9 Å². The molecule has 0 saturated heterocycles. The standard InChI is InChI=1S/C9H8BrN3O2/c1-4-6-7(13(2)12-4)5(9(14)15)3-11-8(6)10/h3H,1-2H3,(H,14,15). The van der Waals surface area contributed by atoms with E-state index in [2.05, 4.69) is 26.0 Å². The van der Waals surface area contributed by atoms with Gasteiger partial charge in [0.1, 0.15) is 10.2 Å². The molecular weight excluding hydrogens is 262 g/mol. The monoisotopic (exact) mass is 269 g/mol. The van der Waals surface area contributed by atoms with Crippen LogP contribution in [-0.2, 0) is 7.05 Å². The number of carboxylic acid groups (broad SMARTS) is 1. The molecule has 0 bridgehead atoms. The third-order valence-electron chi connectivity index (χ3n) is 2.22. The van der Waals surface area contributed by atoms with Crippen molar-refractivity contribution in [2.45, 2.75) is 6.92 Å². The number of carbonyl (C=O) groups is 1. The van der Waals surface area contributed by atoms with E-state index in [1.54, 1.807) is 11.7 Å². The Hall–Kier alpha value is -1.43. The van der Waals surface area contributed by atoms with E-state index in [0.717, 1.165) is 11.1 Å². The topological polar surface area (TPSA) is 68.0 Å². The van der Waals surface area contributed by atoms with Crippen LogP contribution in [0.3, 0.4) is 0 Å². The lowest BCUT2D eigenvalue weighted by Gasteiger charge is -2.00. The molecule has 0 unspecified atom stereocenters. The normalized spacial score (nSPS) is 10.9. The molecule has 0 aromatic carbocycles. The minimum absolute atomic E-state index is 0.163. The summed E-state index contributed by atoms with van der Waals surface area (Å²) in [7, 11) is 1.72. The molecule has 0 saturated carbocycles. The Kier molecular flexibility index (Phi) is 2.22. The number of carboxylic acids is 1. The number of hydrogen-bond acceptors (Lipinski definition) is 3. The van der Waals surface area contributed by atoms with Crippen molar-refractivity contribution in [1.29, 1.82) is 0 Å². The fourth-order valence-electron chi connectivity index (χ4n) is 1.62. The lowest BCUT2D eigenvalue weighted by Crippen LogP contribution is -2.02. The van der Waals surface area contributed by atoms with Gasteiger partial charge in [0, 0.05) is 13.2 Å². The van der Waals surface area contributed by atoms with Crippen LogP contribution < -0.4 is 0 Å². The number of hydrogen-bond donors (Lipinski definition) is 1. The predicted octanol–water partition coefficient (Wildman–Crippen LogP) is 1.74. The van der Waals surface area contributed by atoms with Gasteiger partial charge in [0.2, 0.25) is 0 Å². The molecule has 2 rings (SSSR count). The van der Waals surface area contributed by atoms with Crippen molar-refractivity contribution >= 4 is 32.8 Å². The maximum Gasteiger partial charge on any atom is 0.339 e. The van der Waals surface area contributed by atoms with Gasteiger partial charge in [-0.05, 0) is 22.9 Å². The average molecular weight is 270 g/mol. The minimum atomic E-state index is -0.997. The summed E-state index contributed by atoms with van der Waals surface area (Å²) in [5.41, 5.74) is 1.51. The van der Waals surface area contributed by atoms with E-state index in [-0.39, 0.29) is 5.56 Å². The second-order valence-electron chi connectivity index (χ2n) is 3.20. The molecule has 1 N–H and O–H groups in total. The molecule has 0 radical (unpaired) electrons. The van der Waals surface area contributed by atoms with Crippen LogP contribution in [0.15, 0.2) is 10.8 Å². The van der Waals surface area contributed by atoms with Crippen molar-refractivity contribution in [3.63, 3.8) is 0 Å². The van der Waals surface area contributed by atoms with Gasteiger partial charge in [-0.15, -0.1) is 0 Å². The number of halogens is 1. The Morgan fingerprint density at radius 2 is 2.27 bits per heavy atom. The first-order valence-corrected chi connectivity index (χ1v) is 5.02. The van der Waals surface area contributed by atoms with Gasteiger partial charge in [0.15, 0.2) is 0 Å². The quantitative estimate of drug-likeness (QED) is 0.801. The molecule has 0 fully saturated rings. The zero-order valence-corrected chi connectivity index (χ0v) is 9.74. The Morgan fingerprint density at radius 3 is 2.87 bits per heavy atom. The molecule has 0 aliphatic carbocycles. The van der Waals surface area contributed by atoms with Crippen molar-refractivity contribution in [1.82, 2.24) is 14.8 Å². The van der Waals surface area contributed by atoms with E-state index in [4.69, 9.17) is 5.11 Å². The van der Waals surface area contributed by atoms with Crippen LogP contribution in [0.5, 0.6) is 0 Å². The first-order chi connectivity index (χ1) is 7.02. The third kappa shape index (κ3) is 1.41. The molecular formula is C9H8BrN3O2. The van der Waals surface area contributed by atoms with Gasteiger partial charge in [-0.2, -0.15) is 5.10 Å². The SMILES string of the molecule is Cc1nn(C)c2c(C(=O)O)cnc(Br)c12. The maximum atomic E-state index is 11.0. The molecule has 2 aromatic rings. The zero-order valence-electron chi connectivity index (χ0n) is 8.15. The fraction of sp³-hybridized carbons (Fsp3) is 0.222. The summed E-state index contributed by atoms with van der Waals surface area (Å²) in [5.74, 6) is -0.997. The minimum Gasteiger partial charge on any atom is -0.478 e. The van der Waals surface area contributed by atoms with E-state index in [1.165, 1.54) is 6.20 Å². The van der Waals surface area contributed by atoms with Crippen molar-refractivity contribution in [3.8, 4) is 0 Å². The molecule has 5 nitrogen and oxygen atoms in total. The fourth-order valence-corrected chi connectivity index (χ4v) is 2.19. The molecule has 0 atom stereocenters. The molecule has 0 aliphatic rings. The number of aromatic carboxylic acids is 1. The molecule has 0 spiro atoms. The van der Waals surface area contributed by atoms with Gasteiger partial charge < -0.3 is 5.11 Å². The number of nitrogens with zero attached hydrogens (tertiary/aromatic N) is 3. The molecule has 6 heteroatoms. The van der Waals surface area contributed by atoms with Crippen LogP contribution in [-0.4, -0.2) is 25.8 Å².